The molecule has 0 aromatic heterocycles. The predicted octanol–water partition coefficient (Wildman–Crippen LogP) is 2.03. The number of benzene rings is 1. The van der Waals surface area contributed by atoms with Gasteiger partial charge in [-0.3, -0.25) is 0 Å². The first-order chi connectivity index (χ1) is 9.21. The Hall–Kier alpha value is -1.65. The Morgan fingerprint density at radius 2 is 2.05 bits per heavy atom. The van der Waals surface area contributed by atoms with E-state index in [0.29, 0.717) is 0 Å². The van der Waals surface area contributed by atoms with Crippen LogP contribution in [0, 0.1) is 24.1 Å². The minimum atomic E-state index is -4.02. The van der Waals surface area contributed by atoms with Gasteiger partial charge in [-0.2, -0.15) is 9.57 Å². The second-order valence-electron chi connectivity index (χ2n) is 4.77. The van der Waals surface area contributed by atoms with Gasteiger partial charge in [0.2, 0.25) is 10.0 Å². The summed E-state index contributed by atoms with van der Waals surface area (Å²) in [4.78, 5) is -0.443. The van der Waals surface area contributed by atoms with Crippen LogP contribution in [0.4, 0.5) is 10.1 Å². The quantitative estimate of drug-likeness (QED) is 0.843. The fourth-order valence-electron chi connectivity index (χ4n) is 1.89. The van der Waals surface area contributed by atoms with Crippen LogP contribution in [0.15, 0.2) is 17.0 Å². The molecule has 0 fully saturated rings. The van der Waals surface area contributed by atoms with Gasteiger partial charge in [0.05, 0.1) is 6.07 Å². The Labute approximate surface area is 118 Å². The van der Waals surface area contributed by atoms with Gasteiger partial charge >= 0.3 is 0 Å². The van der Waals surface area contributed by atoms with Crippen molar-refractivity contribution in [2.45, 2.75) is 38.1 Å². The SMILES string of the molecule is Cc1cc(N)cc(S(=O)(=O)N(CCC#N)C(C)C)c1F. The number of aryl methyl sites for hydroxylation is 1. The third kappa shape index (κ3) is 3.26. The summed E-state index contributed by atoms with van der Waals surface area (Å²) in [6.07, 6.45) is 0.0420. The van der Waals surface area contributed by atoms with E-state index < -0.39 is 20.7 Å². The van der Waals surface area contributed by atoms with Crippen LogP contribution in [0.5, 0.6) is 0 Å². The largest absolute Gasteiger partial charge is 0.399 e. The average Bonchev–Trinajstić information content (AvgIpc) is 2.33. The summed E-state index contributed by atoms with van der Waals surface area (Å²) >= 11 is 0. The van der Waals surface area contributed by atoms with Crippen molar-refractivity contribution in [1.82, 2.24) is 4.31 Å². The van der Waals surface area contributed by atoms with Crippen molar-refractivity contribution in [3.8, 4) is 6.07 Å². The molecule has 0 radical (unpaired) electrons. The van der Waals surface area contributed by atoms with Crippen molar-refractivity contribution in [3.05, 3.63) is 23.5 Å². The molecule has 2 N–H and O–H groups in total. The molecule has 5 nitrogen and oxygen atoms in total. The Kier molecular flexibility index (Phi) is 5.09. The van der Waals surface area contributed by atoms with Crippen molar-refractivity contribution in [1.29, 1.82) is 5.26 Å². The molecular weight excluding hydrogens is 281 g/mol. The fraction of sp³-hybridized carbons (Fsp3) is 0.462. The van der Waals surface area contributed by atoms with Gasteiger partial charge in [0, 0.05) is 24.7 Å². The van der Waals surface area contributed by atoms with Crippen molar-refractivity contribution >= 4 is 15.7 Å². The van der Waals surface area contributed by atoms with Gasteiger partial charge in [0.25, 0.3) is 0 Å². The van der Waals surface area contributed by atoms with E-state index in [9.17, 15) is 12.8 Å². The van der Waals surface area contributed by atoms with Gasteiger partial charge in [-0.25, -0.2) is 12.8 Å². The molecule has 110 valence electrons. The third-order valence-corrected chi connectivity index (χ3v) is 4.92. The number of nitrogens with zero attached hydrogens (tertiary/aromatic N) is 2. The summed E-state index contributed by atoms with van der Waals surface area (Å²) in [6, 6.07) is 4.00. The highest BCUT2D eigenvalue weighted by Crippen LogP contribution is 2.26. The van der Waals surface area contributed by atoms with E-state index in [1.165, 1.54) is 13.0 Å². The number of halogens is 1. The lowest BCUT2D eigenvalue weighted by Crippen LogP contribution is -2.38. The molecule has 0 amide bonds. The van der Waals surface area contributed by atoms with E-state index in [2.05, 4.69) is 0 Å². The minimum absolute atomic E-state index is 0.0176. The van der Waals surface area contributed by atoms with E-state index in [4.69, 9.17) is 11.0 Å². The van der Waals surface area contributed by atoms with Crippen LogP contribution in [0.3, 0.4) is 0 Å². The van der Waals surface area contributed by atoms with Crippen molar-refractivity contribution in [2.75, 3.05) is 12.3 Å². The molecule has 0 aliphatic heterocycles. The number of anilines is 1. The number of hydrogen-bond donors (Lipinski definition) is 1. The summed E-state index contributed by atoms with van der Waals surface area (Å²) in [6.45, 7) is 4.82. The molecule has 7 heteroatoms. The summed E-state index contributed by atoms with van der Waals surface area (Å²) in [7, 11) is -4.02. The lowest BCUT2D eigenvalue weighted by atomic mass is 10.2. The molecule has 20 heavy (non-hydrogen) atoms. The molecule has 1 aromatic rings. The topological polar surface area (TPSA) is 87.2 Å². The Bertz CT molecular complexity index is 636. The molecule has 0 bridgehead atoms. The maximum Gasteiger partial charge on any atom is 0.246 e. The van der Waals surface area contributed by atoms with Gasteiger partial charge in [0.1, 0.15) is 10.7 Å². The summed E-state index contributed by atoms with van der Waals surface area (Å²) in [5.41, 5.74) is 5.96. The first-order valence-electron chi connectivity index (χ1n) is 6.16. The standard InChI is InChI=1S/C13H18FN3O2S/c1-9(2)17(6-4-5-15)20(18,19)12-8-11(16)7-10(3)13(12)14/h7-9H,4,6,16H2,1-3H3. The number of nitrogen functional groups attached to an aromatic ring is 1. The van der Waals surface area contributed by atoms with Crippen molar-refractivity contribution in [3.63, 3.8) is 0 Å². The highest BCUT2D eigenvalue weighted by Gasteiger charge is 2.30. The number of nitrogens with two attached hydrogens (primary N) is 1. The third-order valence-electron chi connectivity index (χ3n) is 2.85. The van der Waals surface area contributed by atoms with Crippen LogP contribution < -0.4 is 5.73 Å². The second-order valence-corrected chi connectivity index (χ2v) is 6.63. The number of sulfonamides is 1. The molecule has 0 unspecified atom stereocenters. The Balaban J connectivity index is 3.38. The second kappa shape index (κ2) is 6.20. The molecule has 0 aliphatic carbocycles. The fourth-order valence-corrected chi connectivity index (χ4v) is 3.71. The first kappa shape index (κ1) is 16.4. The summed E-state index contributed by atoms with van der Waals surface area (Å²) in [5.74, 6) is -0.804. The zero-order chi connectivity index (χ0) is 15.5. The van der Waals surface area contributed by atoms with Crippen LogP contribution in [0.25, 0.3) is 0 Å². The molecular formula is C13H18FN3O2S. The average molecular weight is 299 g/mol. The van der Waals surface area contributed by atoms with Crippen molar-refractivity contribution in [2.24, 2.45) is 0 Å². The first-order valence-corrected chi connectivity index (χ1v) is 7.60. The summed E-state index contributed by atoms with van der Waals surface area (Å²) < 4.78 is 40.3. The van der Waals surface area contributed by atoms with Gasteiger partial charge in [-0.15, -0.1) is 0 Å². The van der Waals surface area contributed by atoms with Crippen LogP contribution in [0.2, 0.25) is 0 Å². The molecule has 0 saturated carbocycles. The number of hydrogen-bond acceptors (Lipinski definition) is 4. The van der Waals surface area contributed by atoms with E-state index in [1.807, 2.05) is 6.07 Å². The molecule has 1 rings (SSSR count). The zero-order valence-corrected chi connectivity index (χ0v) is 12.5. The minimum Gasteiger partial charge on any atom is -0.399 e. The zero-order valence-electron chi connectivity index (χ0n) is 11.7. The van der Waals surface area contributed by atoms with Crippen LogP contribution in [0.1, 0.15) is 25.8 Å². The lowest BCUT2D eigenvalue weighted by molar-refractivity contribution is 0.358. The normalized spacial score (nSPS) is 11.8. The molecule has 0 spiro atoms. The summed E-state index contributed by atoms with van der Waals surface area (Å²) in [5, 5.41) is 8.61. The maximum atomic E-state index is 14.1. The van der Waals surface area contributed by atoms with Gasteiger partial charge in [0.15, 0.2) is 0 Å². The maximum absolute atomic E-state index is 14.1. The smallest absolute Gasteiger partial charge is 0.246 e. The van der Waals surface area contributed by atoms with Crippen LogP contribution in [-0.4, -0.2) is 25.3 Å². The van der Waals surface area contributed by atoms with E-state index in [1.54, 1.807) is 13.8 Å². The molecule has 0 aliphatic rings. The monoisotopic (exact) mass is 299 g/mol. The molecule has 1 aromatic carbocycles. The van der Waals surface area contributed by atoms with E-state index in [0.717, 1.165) is 10.4 Å². The molecule has 0 heterocycles. The number of rotatable bonds is 5. The molecule has 0 saturated heterocycles. The van der Waals surface area contributed by atoms with Gasteiger partial charge in [-0.1, -0.05) is 0 Å². The van der Waals surface area contributed by atoms with Gasteiger partial charge < -0.3 is 5.73 Å². The van der Waals surface area contributed by atoms with E-state index in [-0.39, 0.29) is 30.3 Å². The number of nitriles is 1. The van der Waals surface area contributed by atoms with Crippen LogP contribution in [-0.2, 0) is 10.0 Å². The Morgan fingerprint density at radius 1 is 1.45 bits per heavy atom. The van der Waals surface area contributed by atoms with Crippen molar-refractivity contribution < 1.29 is 12.8 Å². The predicted molar refractivity (Wildman–Crippen MR) is 74.8 cm³/mol. The highest BCUT2D eigenvalue weighted by atomic mass is 32.2. The molecule has 0 atom stereocenters. The Morgan fingerprint density at radius 3 is 2.55 bits per heavy atom. The van der Waals surface area contributed by atoms with Crippen LogP contribution >= 0.6 is 0 Å². The lowest BCUT2D eigenvalue weighted by Gasteiger charge is -2.25. The van der Waals surface area contributed by atoms with E-state index >= 15 is 0 Å². The van der Waals surface area contributed by atoms with Gasteiger partial charge in [-0.05, 0) is 38.5 Å². The highest BCUT2D eigenvalue weighted by molar-refractivity contribution is 7.89.